The summed E-state index contributed by atoms with van der Waals surface area (Å²) in [7, 11) is 4.00. The number of rotatable bonds is 4. The summed E-state index contributed by atoms with van der Waals surface area (Å²) < 4.78 is 8.12. The van der Waals surface area contributed by atoms with E-state index in [0.717, 1.165) is 47.0 Å². The van der Waals surface area contributed by atoms with Gasteiger partial charge < -0.3 is 10.1 Å². The molecular weight excluding hydrogens is 388 g/mol. The van der Waals surface area contributed by atoms with Gasteiger partial charge in [0.25, 0.3) is 0 Å². The molecule has 1 N–H and O–H groups in total. The van der Waals surface area contributed by atoms with Gasteiger partial charge in [0.1, 0.15) is 11.9 Å². The first-order valence-electron chi connectivity index (χ1n) is 10.3. The van der Waals surface area contributed by atoms with Gasteiger partial charge in [0.05, 0.1) is 23.8 Å². The zero-order valence-electron chi connectivity index (χ0n) is 17.6. The Balaban J connectivity index is 1.36. The molecule has 0 amide bonds. The van der Waals surface area contributed by atoms with Gasteiger partial charge in [-0.05, 0) is 36.9 Å². The Bertz CT molecular complexity index is 1170. The third-order valence-corrected chi connectivity index (χ3v) is 5.32. The van der Waals surface area contributed by atoms with Crippen LogP contribution in [-0.2, 0) is 13.6 Å². The lowest BCUT2D eigenvalue weighted by Crippen LogP contribution is -2.24. The number of pyridine rings is 2. The number of nitrogens with one attached hydrogen (secondary N) is 1. The Morgan fingerprint density at radius 3 is 2.61 bits per heavy atom. The number of aryl methyl sites for hydroxylation is 1. The number of benzene rings is 1. The van der Waals surface area contributed by atoms with E-state index >= 15 is 0 Å². The average molecular weight is 412 g/mol. The highest BCUT2D eigenvalue weighted by atomic mass is 16.5. The molecule has 7 heteroatoms. The number of hydrogen-bond acceptors (Lipinski definition) is 6. The van der Waals surface area contributed by atoms with E-state index in [9.17, 15) is 0 Å². The Morgan fingerprint density at radius 1 is 1.00 bits per heavy atom. The van der Waals surface area contributed by atoms with Crippen LogP contribution in [-0.4, -0.2) is 38.2 Å². The molecule has 5 rings (SSSR count). The second kappa shape index (κ2) is 8.20. The van der Waals surface area contributed by atoms with Gasteiger partial charge in [-0.3, -0.25) is 14.6 Å². The van der Waals surface area contributed by atoms with Crippen LogP contribution in [0, 0.1) is 0 Å². The van der Waals surface area contributed by atoms with E-state index < -0.39 is 0 Å². The summed E-state index contributed by atoms with van der Waals surface area (Å²) in [5.41, 5.74) is 4.96. The first kappa shape index (κ1) is 19.3. The molecule has 1 aromatic carbocycles. The molecule has 1 aliphatic rings. The molecule has 7 nitrogen and oxygen atoms in total. The molecule has 1 atom stereocenters. The molecule has 0 saturated heterocycles. The van der Waals surface area contributed by atoms with Crippen LogP contribution in [0.2, 0.25) is 0 Å². The molecule has 1 aliphatic heterocycles. The van der Waals surface area contributed by atoms with Crippen molar-refractivity contribution in [2.75, 3.05) is 18.9 Å². The van der Waals surface area contributed by atoms with Gasteiger partial charge in [-0.1, -0.05) is 30.3 Å². The van der Waals surface area contributed by atoms with Crippen LogP contribution in [0.25, 0.3) is 11.3 Å². The molecule has 0 unspecified atom stereocenters. The predicted molar refractivity (Wildman–Crippen MR) is 120 cm³/mol. The van der Waals surface area contributed by atoms with Crippen LogP contribution < -0.4 is 10.1 Å². The van der Waals surface area contributed by atoms with Gasteiger partial charge in [-0.15, -0.1) is 0 Å². The zero-order valence-corrected chi connectivity index (χ0v) is 17.6. The fraction of sp³-hybridized carbons (Fsp3) is 0.208. The van der Waals surface area contributed by atoms with Crippen LogP contribution in [0.15, 0.2) is 73.2 Å². The van der Waals surface area contributed by atoms with E-state index in [0.29, 0.717) is 5.88 Å². The first-order chi connectivity index (χ1) is 15.1. The molecule has 3 aromatic heterocycles. The molecule has 156 valence electrons. The maximum atomic E-state index is 6.35. The minimum absolute atomic E-state index is 0.0596. The van der Waals surface area contributed by atoms with E-state index in [2.05, 4.69) is 45.5 Å². The van der Waals surface area contributed by atoms with Gasteiger partial charge in [-0.2, -0.15) is 10.1 Å². The highest BCUT2D eigenvalue weighted by Gasteiger charge is 2.23. The van der Waals surface area contributed by atoms with Crippen molar-refractivity contribution in [1.29, 1.82) is 0 Å². The standard InChI is InChI=1S/C24H24N6O/c1-29-14-18-8-11-23(28-24(18)31-22(16-29)17-6-4-3-5-7-17)27-20-9-10-21(25-13-20)19-12-26-30(2)15-19/h3-13,15,22H,14,16H2,1-2H3,(H,27,28)/t22-/m0/s1. The number of hydrogen-bond donors (Lipinski definition) is 1. The summed E-state index contributed by atoms with van der Waals surface area (Å²) in [6.45, 7) is 1.61. The largest absolute Gasteiger partial charge is 0.468 e. The molecule has 0 spiro atoms. The van der Waals surface area contributed by atoms with Crippen LogP contribution in [0.5, 0.6) is 5.88 Å². The number of anilines is 2. The Labute approximate surface area is 181 Å². The van der Waals surface area contributed by atoms with Crippen LogP contribution in [0.4, 0.5) is 11.5 Å². The molecule has 0 aliphatic carbocycles. The average Bonchev–Trinajstić information content (AvgIpc) is 3.14. The molecule has 0 fully saturated rings. The highest BCUT2D eigenvalue weighted by Crippen LogP contribution is 2.31. The topological polar surface area (TPSA) is 68.1 Å². The fourth-order valence-electron chi connectivity index (χ4n) is 3.75. The SMILES string of the molecule is CN1Cc2ccc(Nc3ccc(-c4cnn(C)c4)nc3)nc2O[C@H](c2ccccc2)C1. The van der Waals surface area contributed by atoms with Crippen molar-refractivity contribution in [2.45, 2.75) is 12.6 Å². The van der Waals surface area contributed by atoms with Crippen LogP contribution in [0.1, 0.15) is 17.2 Å². The summed E-state index contributed by atoms with van der Waals surface area (Å²) in [6, 6.07) is 18.3. The Kier molecular flexibility index (Phi) is 5.09. The Morgan fingerprint density at radius 2 is 1.87 bits per heavy atom. The molecule has 0 bridgehead atoms. The third kappa shape index (κ3) is 4.27. The predicted octanol–water partition coefficient (Wildman–Crippen LogP) is 4.19. The van der Waals surface area contributed by atoms with E-state index in [1.54, 1.807) is 17.1 Å². The quantitative estimate of drug-likeness (QED) is 0.542. The van der Waals surface area contributed by atoms with Gasteiger partial charge >= 0.3 is 0 Å². The van der Waals surface area contributed by atoms with Crippen molar-refractivity contribution in [3.05, 3.63) is 84.3 Å². The number of fused-ring (bicyclic) bond motifs is 1. The molecule has 4 heterocycles. The summed E-state index contributed by atoms with van der Waals surface area (Å²) in [5, 5.41) is 7.53. The number of likely N-dealkylation sites (N-methyl/N-ethyl adjacent to an activating group) is 1. The lowest BCUT2D eigenvalue weighted by molar-refractivity contribution is 0.160. The minimum Gasteiger partial charge on any atom is -0.468 e. The maximum Gasteiger partial charge on any atom is 0.220 e. The second-order valence-electron chi connectivity index (χ2n) is 7.83. The van der Waals surface area contributed by atoms with E-state index in [1.165, 1.54) is 0 Å². The molecule has 4 aromatic rings. The normalized spacial score (nSPS) is 16.3. The summed E-state index contributed by atoms with van der Waals surface area (Å²) in [5.74, 6) is 1.40. The van der Waals surface area contributed by atoms with Gasteiger partial charge in [-0.25, -0.2) is 0 Å². The summed E-state index contributed by atoms with van der Waals surface area (Å²) >= 11 is 0. The number of nitrogens with zero attached hydrogens (tertiary/aromatic N) is 5. The lowest BCUT2D eigenvalue weighted by Gasteiger charge is -2.20. The van der Waals surface area contributed by atoms with Crippen LogP contribution >= 0.6 is 0 Å². The fourth-order valence-corrected chi connectivity index (χ4v) is 3.75. The van der Waals surface area contributed by atoms with Crippen molar-refractivity contribution in [1.82, 2.24) is 24.6 Å². The molecule has 0 saturated carbocycles. The van der Waals surface area contributed by atoms with Crippen molar-refractivity contribution in [2.24, 2.45) is 7.05 Å². The molecule has 31 heavy (non-hydrogen) atoms. The van der Waals surface area contributed by atoms with Gasteiger partial charge in [0, 0.05) is 37.5 Å². The molecular formula is C24H24N6O. The van der Waals surface area contributed by atoms with Crippen LogP contribution in [0.3, 0.4) is 0 Å². The second-order valence-corrected chi connectivity index (χ2v) is 7.83. The minimum atomic E-state index is -0.0596. The van der Waals surface area contributed by atoms with Crippen molar-refractivity contribution in [3.63, 3.8) is 0 Å². The van der Waals surface area contributed by atoms with Gasteiger partial charge in [0.2, 0.25) is 5.88 Å². The molecule has 0 radical (unpaired) electrons. The lowest BCUT2D eigenvalue weighted by atomic mass is 10.1. The van der Waals surface area contributed by atoms with Crippen molar-refractivity contribution >= 4 is 11.5 Å². The Hall–Kier alpha value is -3.71. The number of ether oxygens (including phenoxy) is 1. The third-order valence-electron chi connectivity index (χ3n) is 5.32. The zero-order chi connectivity index (χ0) is 21.2. The first-order valence-corrected chi connectivity index (χ1v) is 10.3. The maximum absolute atomic E-state index is 6.35. The highest BCUT2D eigenvalue weighted by molar-refractivity contribution is 5.62. The van der Waals surface area contributed by atoms with Crippen molar-refractivity contribution in [3.8, 4) is 17.1 Å². The summed E-state index contributed by atoms with van der Waals surface area (Å²) in [4.78, 5) is 11.6. The van der Waals surface area contributed by atoms with E-state index in [4.69, 9.17) is 9.72 Å². The van der Waals surface area contributed by atoms with E-state index in [1.807, 2.05) is 49.6 Å². The summed E-state index contributed by atoms with van der Waals surface area (Å²) in [6.07, 6.45) is 5.49. The van der Waals surface area contributed by atoms with Gasteiger partial charge in [0.15, 0.2) is 0 Å². The smallest absolute Gasteiger partial charge is 0.220 e. The monoisotopic (exact) mass is 412 g/mol. The van der Waals surface area contributed by atoms with Crippen molar-refractivity contribution < 1.29 is 4.74 Å². The van der Waals surface area contributed by atoms with E-state index in [-0.39, 0.29) is 6.10 Å². The number of aromatic nitrogens is 4.